The Labute approximate surface area is 217 Å². The third kappa shape index (κ3) is 3.43. The molecule has 0 spiro atoms. The molecule has 0 aliphatic rings. The maximum atomic E-state index is 6.64. The molecule has 0 aliphatic heterocycles. The second-order valence-electron chi connectivity index (χ2n) is 10.8. The fourth-order valence-corrected chi connectivity index (χ4v) is 7.80. The van der Waals surface area contributed by atoms with E-state index in [0.717, 1.165) is 66.6 Å². The summed E-state index contributed by atoms with van der Waals surface area (Å²) in [5.74, 6) is 8.11. The average molecular weight is 542 g/mol. The average Bonchev–Trinajstić information content (AvgIpc) is 3.48. The molecule has 4 aromatic carbocycles. The number of hydrogen-bond donors (Lipinski definition) is 0. The Morgan fingerprint density at radius 3 is 2.30 bits per heavy atom. The van der Waals surface area contributed by atoms with E-state index in [1.54, 1.807) is 0 Å². The first kappa shape index (κ1) is 22.3. The van der Waals surface area contributed by atoms with Gasteiger partial charge in [-0.15, -0.1) is 0 Å². The molecule has 4 nitrogen and oxygen atoms in total. The normalized spacial score (nSPS) is 12.3. The zero-order valence-corrected chi connectivity index (χ0v) is 23.5. The van der Waals surface area contributed by atoms with Crippen LogP contribution in [0.5, 0.6) is 0 Å². The van der Waals surface area contributed by atoms with E-state index in [-0.39, 0.29) is 0 Å². The molecule has 0 N–H and O–H groups in total. The molecule has 3 aromatic heterocycles. The van der Waals surface area contributed by atoms with Gasteiger partial charge in [-0.2, -0.15) is 0 Å². The van der Waals surface area contributed by atoms with Crippen LogP contribution in [0.2, 0.25) is 17.3 Å². The first-order valence-electron chi connectivity index (χ1n) is 12.7. The minimum atomic E-state index is -2.00. The third-order valence-corrected chi connectivity index (χ3v) is 11.6. The van der Waals surface area contributed by atoms with Crippen molar-refractivity contribution in [2.24, 2.45) is 0 Å². The molecule has 0 unspecified atom stereocenters. The van der Waals surface area contributed by atoms with E-state index in [4.69, 9.17) is 14.4 Å². The Kier molecular flexibility index (Phi) is 4.86. The Bertz CT molecular complexity index is 1980. The van der Waals surface area contributed by atoms with Crippen molar-refractivity contribution in [2.75, 3.05) is 0 Å². The summed E-state index contributed by atoms with van der Waals surface area (Å²) in [5, 5.41) is 3.32. The van der Waals surface area contributed by atoms with Crippen molar-refractivity contribution >= 4 is 61.5 Å². The van der Waals surface area contributed by atoms with Crippen LogP contribution in [0, 0.1) is 6.92 Å². The standard InChI is InChI=1S/C32H27GeN3O/c1-20-30-29(25-13-8-9-16-27(25)34-20)35-32(36(30)22-11-6-5-7-12-22)26-15-10-14-24-23-18-17-21(33(2,3)4)19-28(23)37-31(24)26/h5-19H,1-4H3. The second-order valence-corrected chi connectivity index (χ2v) is 21.4. The van der Waals surface area contributed by atoms with Gasteiger partial charge in [0.05, 0.1) is 0 Å². The Balaban J connectivity index is 1.60. The Morgan fingerprint density at radius 1 is 0.730 bits per heavy atom. The number of furan rings is 1. The molecule has 0 saturated heterocycles. The van der Waals surface area contributed by atoms with Gasteiger partial charge < -0.3 is 0 Å². The quantitative estimate of drug-likeness (QED) is 0.213. The number of aromatic nitrogens is 3. The van der Waals surface area contributed by atoms with Crippen LogP contribution in [-0.2, 0) is 0 Å². The van der Waals surface area contributed by atoms with E-state index in [1.807, 2.05) is 12.1 Å². The molecule has 0 amide bonds. The molecule has 37 heavy (non-hydrogen) atoms. The van der Waals surface area contributed by atoms with E-state index >= 15 is 0 Å². The van der Waals surface area contributed by atoms with Crippen molar-refractivity contribution < 1.29 is 4.42 Å². The van der Waals surface area contributed by atoms with Crippen LogP contribution in [0.25, 0.3) is 61.0 Å². The van der Waals surface area contributed by atoms with Crippen LogP contribution in [-0.4, -0.2) is 27.8 Å². The molecular formula is C32H27GeN3O. The summed E-state index contributed by atoms with van der Waals surface area (Å²) < 4.78 is 10.3. The molecule has 0 radical (unpaired) electrons. The number of fused-ring (bicyclic) bond motifs is 6. The van der Waals surface area contributed by atoms with E-state index in [9.17, 15) is 0 Å². The van der Waals surface area contributed by atoms with Gasteiger partial charge in [-0.3, -0.25) is 0 Å². The number of para-hydroxylation sites is 3. The molecule has 180 valence electrons. The Morgan fingerprint density at radius 2 is 1.49 bits per heavy atom. The monoisotopic (exact) mass is 543 g/mol. The predicted molar refractivity (Wildman–Crippen MR) is 157 cm³/mol. The molecule has 0 fully saturated rings. The van der Waals surface area contributed by atoms with Crippen LogP contribution < -0.4 is 4.40 Å². The topological polar surface area (TPSA) is 43.9 Å². The van der Waals surface area contributed by atoms with Crippen LogP contribution in [0.4, 0.5) is 0 Å². The fraction of sp³-hybridized carbons (Fsp3) is 0.125. The molecule has 0 saturated carbocycles. The van der Waals surface area contributed by atoms with E-state index in [1.165, 1.54) is 4.40 Å². The van der Waals surface area contributed by atoms with Crippen molar-refractivity contribution in [3.63, 3.8) is 0 Å². The van der Waals surface area contributed by atoms with Gasteiger partial charge in [0.2, 0.25) is 0 Å². The van der Waals surface area contributed by atoms with Gasteiger partial charge in [0, 0.05) is 0 Å². The number of benzene rings is 4. The molecular weight excluding hydrogens is 515 g/mol. The summed E-state index contributed by atoms with van der Waals surface area (Å²) in [7, 11) is 0. The Hall–Kier alpha value is -3.90. The van der Waals surface area contributed by atoms with Gasteiger partial charge >= 0.3 is 212 Å². The summed E-state index contributed by atoms with van der Waals surface area (Å²) >= 11 is -2.00. The summed E-state index contributed by atoms with van der Waals surface area (Å²) in [6.45, 7) is 2.07. The van der Waals surface area contributed by atoms with E-state index in [2.05, 4.69) is 108 Å². The van der Waals surface area contributed by atoms with E-state index < -0.39 is 13.3 Å². The van der Waals surface area contributed by atoms with Crippen molar-refractivity contribution in [2.45, 2.75) is 24.2 Å². The van der Waals surface area contributed by atoms with Crippen molar-refractivity contribution in [1.29, 1.82) is 0 Å². The summed E-state index contributed by atoms with van der Waals surface area (Å²) in [6.07, 6.45) is 0. The first-order valence-corrected chi connectivity index (χ1v) is 20.0. The van der Waals surface area contributed by atoms with Gasteiger partial charge in [-0.1, -0.05) is 6.07 Å². The number of rotatable bonds is 3. The van der Waals surface area contributed by atoms with Gasteiger partial charge in [0.25, 0.3) is 0 Å². The van der Waals surface area contributed by atoms with Crippen LogP contribution in [0.15, 0.2) is 95.4 Å². The molecule has 5 heteroatoms. The summed E-state index contributed by atoms with van der Waals surface area (Å²) in [5.41, 5.74) is 7.75. The van der Waals surface area contributed by atoms with Gasteiger partial charge in [-0.05, 0) is 0 Å². The third-order valence-electron chi connectivity index (χ3n) is 7.29. The number of aryl methyl sites for hydroxylation is 1. The van der Waals surface area contributed by atoms with Crippen molar-refractivity contribution in [3.8, 4) is 17.1 Å². The van der Waals surface area contributed by atoms with Gasteiger partial charge in [0.15, 0.2) is 0 Å². The van der Waals surface area contributed by atoms with Gasteiger partial charge in [-0.25, -0.2) is 0 Å². The predicted octanol–water partition coefficient (Wildman–Crippen LogP) is 7.99. The first-order chi connectivity index (χ1) is 17.9. The van der Waals surface area contributed by atoms with E-state index in [0.29, 0.717) is 0 Å². The number of pyridine rings is 1. The molecule has 0 aliphatic carbocycles. The van der Waals surface area contributed by atoms with Crippen molar-refractivity contribution in [3.05, 3.63) is 96.7 Å². The molecule has 7 rings (SSSR count). The second kappa shape index (κ2) is 8.05. The number of imidazole rings is 1. The minimum absolute atomic E-state index is 0.862. The molecule has 7 aromatic rings. The summed E-state index contributed by atoms with van der Waals surface area (Å²) in [6, 6.07) is 31.9. The molecule has 0 atom stereocenters. The zero-order chi connectivity index (χ0) is 25.3. The van der Waals surface area contributed by atoms with Gasteiger partial charge in [0.1, 0.15) is 0 Å². The summed E-state index contributed by atoms with van der Waals surface area (Å²) in [4.78, 5) is 10.2. The molecule has 0 bridgehead atoms. The fourth-order valence-electron chi connectivity index (χ4n) is 5.40. The van der Waals surface area contributed by atoms with Crippen LogP contribution in [0.3, 0.4) is 0 Å². The van der Waals surface area contributed by atoms with Crippen LogP contribution >= 0.6 is 0 Å². The SMILES string of the molecule is Cc1nc2ccccc2c2nc(-c3cccc4c3oc3c[c]([Ge]([CH3])([CH3])[CH3])ccc34)n(-c3ccccc3)c12. The number of nitrogens with zero attached hydrogens (tertiary/aromatic N) is 3. The zero-order valence-electron chi connectivity index (χ0n) is 21.4. The van der Waals surface area contributed by atoms with Crippen LogP contribution in [0.1, 0.15) is 5.69 Å². The maximum absolute atomic E-state index is 6.64. The number of hydrogen-bond acceptors (Lipinski definition) is 3. The van der Waals surface area contributed by atoms with Crippen molar-refractivity contribution in [1.82, 2.24) is 14.5 Å². The molecule has 3 heterocycles.